The van der Waals surface area contributed by atoms with Gasteiger partial charge in [0.2, 0.25) is 5.96 Å². The molecule has 1 aromatic heterocycles. The molecule has 0 unspecified atom stereocenters. The number of nitrogens with one attached hydrogen (secondary N) is 2. The van der Waals surface area contributed by atoms with Crippen molar-refractivity contribution >= 4 is 29.2 Å². The first-order valence-electron chi connectivity index (χ1n) is 9.01. The lowest BCUT2D eigenvalue weighted by Crippen LogP contribution is -2.36. The van der Waals surface area contributed by atoms with Crippen LogP contribution in [0.1, 0.15) is 28.4 Å². The normalized spacial score (nSPS) is 11.1. The third-order valence-electron chi connectivity index (χ3n) is 4.14. The second kappa shape index (κ2) is 9.67. The third kappa shape index (κ3) is 5.41. The molecule has 0 spiro atoms. The maximum Gasteiger partial charge on any atom is 0.259 e. The first kappa shape index (κ1) is 19.6. The fraction of sp³-hybridized carbons (Fsp3) is 0.136. The third-order valence-corrected chi connectivity index (χ3v) is 4.47. The Morgan fingerprint density at radius 2 is 1.71 bits per heavy atom. The highest BCUT2D eigenvalue weighted by Gasteiger charge is 2.12. The van der Waals surface area contributed by atoms with Crippen molar-refractivity contribution in [2.24, 2.45) is 4.99 Å². The average Bonchev–Trinajstić information content (AvgIpc) is 2.73. The fourth-order valence-corrected chi connectivity index (χ4v) is 2.77. The molecule has 1 heterocycles. The number of halogens is 1. The molecule has 0 saturated carbocycles. The van der Waals surface area contributed by atoms with Gasteiger partial charge in [-0.1, -0.05) is 42.8 Å². The molecule has 0 aliphatic rings. The number of rotatable bonds is 5. The lowest BCUT2D eigenvalue weighted by Gasteiger charge is -2.13. The molecule has 28 heavy (non-hydrogen) atoms. The molecule has 0 radical (unpaired) electrons. The summed E-state index contributed by atoms with van der Waals surface area (Å²) in [4.78, 5) is 21.2. The summed E-state index contributed by atoms with van der Waals surface area (Å²) in [5.74, 6) is 0.0303. The SMILES string of the molecule is CCc1ccc(NC(=NCc2ccncc2)NC(=O)c2ccccc2Cl)cc1. The largest absolute Gasteiger partial charge is 0.326 e. The summed E-state index contributed by atoms with van der Waals surface area (Å²) in [6, 6.07) is 18.7. The van der Waals surface area contributed by atoms with Crippen LogP contribution in [0.4, 0.5) is 5.69 Å². The van der Waals surface area contributed by atoms with E-state index in [0.29, 0.717) is 23.1 Å². The van der Waals surface area contributed by atoms with Crippen LogP contribution in [0.3, 0.4) is 0 Å². The van der Waals surface area contributed by atoms with Crippen molar-refractivity contribution in [1.29, 1.82) is 0 Å². The molecular weight excluding hydrogens is 372 g/mol. The number of carbonyl (C=O) groups is 1. The molecule has 0 aliphatic carbocycles. The van der Waals surface area contributed by atoms with Crippen LogP contribution in [0.2, 0.25) is 5.02 Å². The van der Waals surface area contributed by atoms with E-state index in [9.17, 15) is 4.79 Å². The molecule has 142 valence electrons. The summed E-state index contributed by atoms with van der Waals surface area (Å²) in [6.45, 7) is 2.51. The minimum atomic E-state index is -0.322. The van der Waals surface area contributed by atoms with Gasteiger partial charge in [0.25, 0.3) is 5.91 Å². The van der Waals surface area contributed by atoms with Gasteiger partial charge in [-0.3, -0.25) is 15.1 Å². The van der Waals surface area contributed by atoms with Gasteiger partial charge in [-0.25, -0.2) is 4.99 Å². The maximum atomic E-state index is 12.7. The molecule has 6 heteroatoms. The van der Waals surface area contributed by atoms with E-state index in [2.05, 4.69) is 27.5 Å². The summed E-state index contributed by atoms with van der Waals surface area (Å²) in [5, 5.41) is 6.39. The van der Waals surface area contributed by atoms with Crippen molar-refractivity contribution in [3.05, 3.63) is 94.8 Å². The minimum absolute atomic E-state index is 0.322. The van der Waals surface area contributed by atoms with Crippen molar-refractivity contribution in [1.82, 2.24) is 10.3 Å². The Kier molecular flexibility index (Phi) is 6.76. The molecular formula is C22H21ClN4O. The highest BCUT2D eigenvalue weighted by molar-refractivity contribution is 6.34. The van der Waals surface area contributed by atoms with E-state index in [1.54, 1.807) is 36.7 Å². The molecule has 1 amide bonds. The van der Waals surface area contributed by atoms with Crippen LogP contribution in [-0.4, -0.2) is 16.9 Å². The zero-order valence-electron chi connectivity index (χ0n) is 15.5. The zero-order chi connectivity index (χ0) is 19.8. The first-order valence-corrected chi connectivity index (χ1v) is 9.38. The Labute approximate surface area is 169 Å². The Bertz CT molecular complexity index is 956. The number of nitrogens with zero attached hydrogens (tertiary/aromatic N) is 2. The predicted octanol–water partition coefficient (Wildman–Crippen LogP) is 4.70. The molecule has 3 aromatic rings. The molecule has 0 bridgehead atoms. The summed E-state index contributed by atoms with van der Waals surface area (Å²) < 4.78 is 0. The number of benzene rings is 2. The van der Waals surface area contributed by atoms with E-state index >= 15 is 0 Å². The Hall–Kier alpha value is -3.18. The number of hydrogen-bond acceptors (Lipinski definition) is 3. The van der Waals surface area contributed by atoms with Crippen LogP contribution >= 0.6 is 11.6 Å². The Morgan fingerprint density at radius 1 is 1.00 bits per heavy atom. The molecule has 3 rings (SSSR count). The number of pyridine rings is 1. The molecule has 0 aliphatic heterocycles. The van der Waals surface area contributed by atoms with Crippen LogP contribution in [0.5, 0.6) is 0 Å². The number of amides is 1. The summed E-state index contributed by atoms with van der Waals surface area (Å²) in [5.41, 5.74) is 3.46. The molecule has 0 atom stereocenters. The zero-order valence-corrected chi connectivity index (χ0v) is 16.3. The standard InChI is InChI=1S/C22H21ClN4O/c1-2-16-7-9-18(10-8-16)26-22(25-15-17-11-13-24-14-12-17)27-21(28)19-5-3-4-6-20(19)23/h3-14H,2,15H2,1H3,(H2,25,26,27,28). The van der Waals surface area contributed by atoms with Crippen molar-refractivity contribution in [3.63, 3.8) is 0 Å². The lowest BCUT2D eigenvalue weighted by atomic mass is 10.1. The van der Waals surface area contributed by atoms with Crippen LogP contribution in [-0.2, 0) is 13.0 Å². The number of aryl methyl sites for hydroxylation is 1. The molecule has 0 saturated heterocycles. The summed E-state index contributed by atoms with van der Waals surface area (Å²) in [6.07, 6.45) is 4.39. The smallest absolute Gasteiger partial charge is 0.259 e. The van der Waals surface area contributed by atoms with Crippen molar-refractivity contribution in [2.75, 3.05) is 5.32 Å². The Morgan fingerprint density at radius 3 is 2.39 bits per heavy atom. The molecule has 2 aromatic carbocycles. The number of anilines is 1. The van der Waals surface area contributed by atoms with Gasteiger partial charge in [-0.15, -0.1) is 0 Å². The average molecular weight is 393 g/mol. The molecule has 2 N–H and O–H groups in total. The highest BCUT2D eigenvalue weighted by Crippen LogP contribution is 2.15. The van der Waals surface area contributed by atoms with Gasteiger partial charge in [0.1, 0.15) is 0 Å². The second-order valence-electron chi connectivity index (χ2n) is 6.13. The molecule has 5 nitrogen and oxygen atoms in total. The highest BCUT2D eigenvalue weighted by atomic mass is 35.5. The van der Waals surface area contributed by atoms with E-state index in [4.69, 9.17) is 11.6 Å². The van der Waals surface area contributed by atoms with Crippen LogP contribution in [0.15, 0.2) is 78.0 Å². The van der Waals surface area contributed by atoms with Crippen LogP contribution < -0.4 is 10.6 Å². The summed E-state index contributed by atoms with van der Waals surface area (Å²) in [7, 11) is 0. The van der Waals surface area contributed by atoms with Gasteiger partial charge in [0.15, 0.2) is 0 Å². The molecule has 0 fully saturated rings. The quantitative estimate of drug-likeness (QED) is 0.488. The van der Waals surface area contributed by atoms with Crippen LogP contribution in [0.25, 0.3) is 0 Å². The topological polar surface area (TPSA) is 66.4 Å². The number of carbonyl (C=O) groups excluding carboxylic acids is 1. The van der Waals surface area contributed by atoms with Gasteiger partial charge in [0, 0.05) is 18.1 Å². The van der Waals surface area contributed by atoms with E-state index in [1.807, 2.05) is 36.4 Å². The van der Waals surface area contributed by atoms with Crippen molar-refractivity contribution in [2.45, 2.75) is 19.9 Å². The van der Waals surface area contributed by atoms with Crippen LogP contribution in [0, 0.1) is 0 Å². The van der Waals surface area contributed by atoms with Gasteiger partial charge in [-0.2, -0.15) is 0 Å². The van der Waals surface area contributed by atoms with Gasteiger partial charge < -0.3 is 5.32 Å². The van der Waals surface area contributed by atoms with Crippen molar-refractivity contribution in [3.8, 4) is 0 Å². The lowest BCUT2D eigenvalue weighted by molar-refractivity contribution is 0.0977. The predicted molar refractivity (Wildman–Crippen MR) is 114 cm³/mol. The number of hydrogen-bond donors (Lipinski definition) is 2. The van der Waals surface area contributed by atoms with Gasteiger partial charge >= 0.3 is 0 Å². The van der Waals surface area contributed by atoms with E-state index in [1.165, 1.54) is 5.56 Å². The van der Waals surface area contributed by atoms with Crippen molar-refractivity contribution < 1.29 is 4.79 Å². The monoisotopic (exact) mass is 392 g/mol. The Balaban J connectivity index is 1.80. The minimum Gasteiger partial charge on any atom is -0.326 e. The number of aliphatic imine (C=N–C) groups is 1. The van der Waals surface area contributed by atoms with Gasteiger partial charge in [-0.05, 0) is 53.9 Å². The fourth-order valence-electron chi connectivity index (χ4n) is 2.55. The van der Waals surface area contributed by atoms with E-state index in [-0.39, 0.29) is 5.91 Å². The van der Waals surface area contributed by atoms with E-state index in [0.717, 1.165) is 17.7 Å². The number of aromatic nitrogens is 1. The maximum absolute atomic E-state index is 12.7. The van der Waals surface area contributed by atoms with E-state index < -0.39 is 0 Å². The van der Waals surface area contributed by atoms with Gasteiger partial charge in [0.05, 0.1) is 17.1 Å². The number of guanidine groups is 1. The first-order chi connectivity index (χ1) is 13.7. The second-order valence-corrected chi connectivity index (χ2v) is 6.54. The summed E-state index contributed by atoms with van der Waals surface area (Å²) >= 11 is 6.14.